The minimum absolute atomic E-state index is 0.280. The molecule has 0 aliphatic heterocycles. The molecule has 0 saturated carbocycles. The molecule has 0 aliphatic carbocycles. The smallest absolute Gasteiger partial charge is 0.161 e. The minimum atomic E-state index is -0.280. The van der Waals surface area contributed by atoms with E-state index < -0.39 is 0 Å². The molecule has 0 fully saturated rings. The first-order valence-corrected chi connectivity index (χ1v) is 5.76. The van der Waals surface area contributed by atoms with Crippen LogP contribution in [0.3, 0.4) is 0 Å². The Balaban J connectivity index is 2.60. The molecule has 0 radical (unpaired) electrons. The van der Waals surface area contributed by atoms with Crippen molar-refractivity contribution < 1.29 is 4.43 Å². The Labute approximate surface area is 68.6 Å². The number of hydrogen-bond donors (Lipinski definition) is 0. The molecule has 0 aromatic carbocycles. The van der Waals surface area contributed by atoms with E-state index in [1.807, 2.05) is 0 Å². The third kappa shape index (κ3) is 8.76. The summed E-state index contributed by atoms with van der Waals surface area (Å²) in [6.07, 6.45) is 1.09. The second kappa shape index (κ2) is 8.76. The lowest BCUT2D eigenvalue weighted by atomic mass is 10.6. The quantitative estimate of drug-likeness (QED) is 0.346. The van der Waals surface area contributed by atoms with Crippen LogP contribution >= 0.6 is 23.2 Å². The molecule has 0 amide bonds. The van der Waals surface area contributed by atoms with Crippen LogP contribution < -0.4 is 0 Å². The Morgan fingerprint density at radius 2 is 2.00 bits per heavy atom. The Hall–Kier alpha value is 0.757. The van der Waals surface area contributed by atoms with Crippen molar-refractivity contribution in [1.82, 2.24) is 0 Å². The summed E-state index contributed by atoms with van der Waals surface area (Å²) in [6.45, 7) is 0.718. The largest absolute Gasteiger partial charge is 0.423 e. The molecule has 0 saturated heterocycles. The predicted octanol–water partition coefficient (Wildman–Crippen LogP) is 1.37. The van der Waals surface area contributed by atoms with Crippen LogP contribution in [0.1, 0.15) is 6.42 Å². The highest BCUT2D eigenvalue weighted by Gasteiger charge is 1.87. The molecule has 0 spiro atoms. The van der Waals surface area contributed by atoms with Gasteiger partial charge >= 0.3 is 0 Å². The monoisotopic (exact) mass is 186 g/mol. The topological polar surface area (TPSA) is 9.23 Å². The van der Waals surface area contributed by atoms with Crippen molar-refractivity contribution in [2.24, 2.45) is 0 Å². The second-order valence-corrected chi connectivity index (χ2v) is 3.98. The van der Waals surface area contributed by atoms with Crippen LogP contribution in [0.2, 0.25) is 6.04 Å². The van der Waals surface area contributed by atoms with E-state index in [0.29, 0.717) is 5.88 Å². The molecule has 1 nitrogen and oxygen atoms in total. The molecule has 56 valence electrons. The van der Waals surface area contributed by atoms with Gasteiger partial charge < -0.3 is 4.43 Å². The van der Waals surface area contributed by atoms with Crippen molar-refractivity contribution in [3.8, 4) is 0 Å². The van der Waals surface area contributed by atoms with Crippen molar-refractivity contribution in [3.63, 3.8) is 0 Å². The second-order valence-electron chi connectivity index (χ2n) is 1.70. The average molecular weight is 187 g/mol. The molecular weight excluding hydrogens is 175 g/mol. The van der Waals surface area contributed by atoms with Crippen LogP contribution in [-0.2, 0) is 4.43 Å². The summed E-state index contributed by atoms with van der Waals surface area (Å²) in [6, 6.07) is 1.18. The summed E-state index contributed by atoms with van der Waals surface area (Å²) in [5.74, 6) is 1.38. The van der Waals surface area contributed by atoms with Crippen molar-refractivity contribution in [1.29, 1.82) is 0 Å². The molecule has 0 aromatic heterocycles. The SMILES string of the molecule is ClCCC[SiH2]OCCCl. The first-order chi connectivity index (χ1) is 4.41. The van der Waals surface area contributed by atoms with Gasteiger partial charge in [0.2, 0.25) is 0 Å². The number of rotatable bonds is 6. The Kier molecular flexibility index (Phi) is 9.49. The van der Waals surface area contributed by atoms with Crippen LogP contribution in [0.15, 0.2) is 0 Å². The Bertz CT molecular complexity index is 48.2. The fourth-order valence-electron chi connectivity index (χ4n) is 0.455. The summed E-state index contributed by atoms with van der Waals surface area (Å²) in [7, 11) is -0.280. The van der Waals surface area contributed by atoms with Gasteiger partial charge in [-0.05, 0) is 12.5 Å². The maximum Gasteiger partial charge on any atom is 0.161 e. The molecule has 0 rings (SSSR count). The van der Waals surface area contributed by atoms with Crippen molar-refractivity contribution in [2.75, 3.05) is 18.4 Å². The first kappa shape index (κ1) is 9.76. The van der Waals surface area contributed by atoms with Gasteiger partial charge in [-0.3, -0.25) is 0 Å². The highest BCUT2D eigenvalue weighted by molar-refractivity contribution is 6.27. The lowest BCUT2D eigenvalue weighted by molar-refractivity contribution is 0.362. The molecule has 0 unspecified atom stereocenters. The van der Waals surface area contributed by atoms with Crippen molar-refractivity contribution >= 4 is 33.0 Å². The van der Waals surface area contributed by atoms with Gasteiger partial charge in [0.15, 0.2) is 9.76 Å². The van der Waals surface area contributed by atoms with E-state index in [4.69, 9.17) is 27.6 Å². The van der Waals surface area contributed by atoms with Gasteiger partial charge in [0.1, 0.15) is 0 Å². The van der Waals surface area contributed by atoms with E-state index in [9.17, 15) is 0 Å². The fraction of sp³-hybridized carbons (Fsp3) is 1.00. The molecule has 0 N–H and O–H groups in total. The number of halogens is 2. The van der Waals surface area contributed by atoms with E-state index in [1.54, 1.807) is 0 Å². The summed E-state index contributed by atoms with van der Waals surface area (Å²) in [5, 5.41) is 0. The summed E-state index contributed by atoms with van der Waals surface area (Å²) < 4.78 is 5.23. The molecular formula is C5H12Cl2OSi. The van der Waals surface area contributed by atoms with Gasteiger partial charge in [0.25, 0.3) is 0 Å². The summed E-state index contributed by atoms with van der Waals surface area (Å²) >= 11 is 10.8. The van der Waals surface area contributed by atoms with Gasteiger partial charge in [-0.1, -0.05) is 0 Å². The van der Waals surface area contributed by atoms with E-state index in [1.165, 1.54) is 6.04 Å². The zero-order valence-electron chi connectivity index (χ0n) is 5.41. The van der Waals surface area contributed by atoms with Gasteiger partial charge in [-0.25, -0.2) is 0 Å². The molecule has 0 aromatic rings. The van der Waals surface area contributed by atoms with Crippen LogP contribution in [0.5, 0.6) is 0 Å². The zero-order chi connectivity index (χ0) is 6.95. The van der Waals surface area contributed by atoms with Gasteiger partial charge in [0, 0.05) is 18.4 Å². The average Bonchev–Trinajstić information content (AvgIpc) is 1.89. The van der Waals surface area contributed by atoms with E-state index in [0.717, 1.165) is 18.9 Å². The highest BCUT2D eigenvalue weighted by atomic mass is 35.5. The Morgan fingerprint density at radius 3 is 2.56 bits per heavy atom. The highest BCUT2D eigenvalue weighted by Crippen LogP contribution is 1.91. The zero-order valence-corrected chi connectivity index (χ0v) is 8.33. The van der Waals surface area contributed by atoms with Gasteiger partial charge in [0.05, 0.1) is 0 Å². The normalized spacial score (nSPS) is 11.3. The van der Waals surface area contributed by atoms with E-state index in [-0.39, 0.29) is 9.76 Å². The standard InChI is InChI=1S/C5H12Cl2OSi/c6-2-1-5-9-8-4-3-7/h1-5,9H2. The van der Waals surface area contributed by atoms with Crippen LogP contribution in [0.4, 0.5) is 0 Å². The fourth-order valence-corrected chi connectivity index (χ4v) is 2.26. The van der Waals surface area contributed by atoms with E-state index in [2.05, 4.69) is 0 Å². The number of hydrogen-bond acceptors (Lipinski definition) is 1. The third-order valence-corrected chi connectivity index (χ3v) is 2.68. The Morgan fingerprint density at radius 1 is 1.22 bits per heavy atom. The molecule has 0 heterocycles. The number of alkyl halides is 2. The summed E-state index contributed by atoms with van der Waals surface area (Å²) in [4.78, 5) is 0. The molecule has 0 atom stereocenters. The molecule has 9 heavy (non-hydrogen) atoms. The first-order valence-electron chi connectivity index (χ1n) is 3.11. The molecule has 0 bridgehead atoms. The maximum absolute atomic E-state index is 5.45. The summed E-state index contributed by atoms with van der Waals surface area (Å²) in [5.41, 5.74) is 0. The van der Waals surface area contributed by atoms with Crippen molar-refractivity contribution in [3.05, 3.63) is 0 Å². The van der Waals surface area contributed by atoms with Crippen LogP contribution in [0.25, 0.3) is 0 Å². The molecule has 0 aliphatic rings. The predicted molar refractivity (Wildman–Crippen MR) is 45.4 cm³/mol. The lowest BCUT2D eigenvalue weighted by Crippen LogP contribution is -2.00. The van der Waals surface area contributed by atoms with Gasteiger partial charge in [-0.2, -0.15) is 0 Å². The van der Waals surface area contributed by atoms with E-state index >= 15 is 0 Å². The minimum Gasteiger partial charge on any atom is -0.423 e. The maximum atomic E-state index is 5.45. The van der Waals surface area contributed by atoms with Crippen LogP contribution in [0, 0.1) is 0 Å². The third-order valence-electron chi connectivity index (χ3n) is 0.894. The lowest BCUT2D eigenvalue weighted by Gasteiger charge is -1.97. The van der Waals surface area contributed by atoms with Gasteiger partial charge in [-0.15, -0.1) is 23.2 Å². The van der Waals surface area contributed by atoms with Crippen molar-refractivity contribution in [2.45, 2.75) is 12.5 Å². The molecule has 4 heteroatoms. The van der Waals surface area contributed by atoms with Crippen LogP contribution in [-0.4, -0.2) is 28.1 Å².